The number of rotatable bonds is 2. The molecule has 0 aliphatic carbocycles. The molecule has 27 heavy (non-hydrogen) atoms. The molecule has 1 aliphatic rings. The second-order valence-electron chi connectivity index (χ2n) is 7.22. The third kappa shape index (κ3) is 2.89. The molecule has 3 aromatic rings. The SMILES string of the molecule is Cc1c(C(=O)N2C[C@@H](C)C(=O)[C@@H](C)C2)nnn1-c1cccc2cnccc12. The van der Waals surface area contributed by atoms with Crippen molar-refractivity contribution in [2.75, 3.05) is 13.1 Å². The normalized spacial score (nSPS) is 20.3. The van der Waals surface area contributed by atoms with E-state index in [4.69, 9.17) is 0 Å². The minimum atomic E-state index is -0.174. The summed E-state index contributed by atoms with van der Waals surface area (Å²) in [5, 5.41) is 10.4. The topological polar surface area (TPSA) is 81.0 Å². The van der Waals surface area contributed by atoms with E-state index in [-0.39, 0.29) is 23.5 Å². The van der Waals surface area contributed by atoms with Gasteiger partial charge in [0.25, 0.3) is 5.91 Å². The zero-order valence-corrected chi connectivity index (χ0v) is 15.6. The average molecular weight is 363 g/mol. The van der Waals surface area contributed by atoms with Crippen molar-refractivity contribution in [1.82, 2.24) is 24.9 Å². The highest BCUT2D eigenvalue weighted by Crippen LogP contribution is 2.24. The lowest BCUT2D eigenvalue weighted by Gasteiger charge is -2.33. The van der Waals surface area contributed by atoms with Gasteiger partial charge in [-0.2, -0.15) is 0 Å². The molecule has 0 spiro atoms. The summed E-state index contributed by atoms with van der Waals surface area (Å²) in [5.74, 6) is -0.270. The van der Waals surface area contributed by atoms with Crippen molar-refractivity contribution in [2.24, 2.45) is 11.8 Å². The number of hydrogen-bond acceptors (Lipinski definition) is 5. The Morgan fingerprint density at radius 1 is 1.15 bits per heavy atom. The zero-order valence-electron chi connectivity index (χ0n) is 15.6. The van der Waals surface area contributed by atoms with E-state index in [9.17, 15) is 9.59 Å². The predicted octanol–water partition coefficient (Wildman–Crippen LogP) is 2.42. The average Bonchev–Trinajstić information content (AvgIpc) is 3.05. The first-order valence-corrected chi connectivity index (χ1v) is 9.05. The molecule has 1 aromatic carbocycles. The highest BCUT2D eigenvalue weighted by molar-refractivity contribution is 5.96. The minimum absolute atomic E-state index is 0.154. The minimum Gasteiger partial charge on any atom is -0.336 e. The van der Waals surface area contributed by atoms with Gasteiger partial charge < -0.3 is 4.90 Å². The molecular weight excluding hydrogens is 342 g/mol. The van der Waals surface area contributed by atoms with Gasteiger partial charge in [-0.3, -0.25) is 14.6 Å². The third-order valence-electron chi connectivity index (χ3n) is 5.23. The fraction of sp³-hybridized carbons (Fsp3) is 0.350. The van der Waals surface area contributed by atoms with Gasteiger partial charge in [0.2, 0.25) is 0 Å². The highest BCUT2D eigenvalue weighted by Gasteiger charge is 2.34. The molecule has 7 heteroatoms. The Balaban J connectivity index is 1.70. The lowest BCUT2D eigenvalue weighted by molar-refractivity contribution is -0.129. The molecule has 7 nitrogen and oxygen atoms in total. The molecule has 1 saturated heterocycles. The largest absolute Gasteiger partial charge is 0.336 e. The summed E-state index contributed by atoms with van der Waals surface area (Å²) < 4.78 is 1.69. The van der Waals surface area contributed by atoms with E-state index < -0.39 is 0 Å². The van der Waals surface area contributed by atoms with Gasteiger partial charge in [-0.1, -0.05) is 31.2 Å². The van der Waals surface area contributed by atoms with E-state index in [2.05, 4.69) is 15.3 Å². The van der Waals surface area contributed by atoms with E-state index >= 15 is 0 Å². The summed E-state index contributed by atoms with van der Waals surface area (Å²) >= 11 is 0. The Bertz CT molecular complexity index is 1020. The van der Waals surface area contributed by atoms with Crippen LogP contribution in [-0.4, -0.2) is 49.7 Å². The van der Waals surface area contributed by atoms with Crippen LogP contribution in [0.15, 0.2) is 36.7 Å². The lowest BCUT2D eigenvalue weighted by atomic mass is 9.90. The molecule has 3 heterocycles. The summed E-state index contributed by atoms with van der Waals surface area (Å²) in [6.07, 6.45) is 3.53. The molecule has 1 amide bonds. The van der Waals surface area contributed by atoms with Crippen LogP contribution in [0.25, 0.3) is 16.5 Å². The smallest absolute Gasteiger partial charge is 0.276 e. The fourth-order valence-electron chi connectivity index (χ4n) is 3.76. The van der Waals surface area contributed by atoms with E-state index in [1.807, 2.05) is 45.0 Å². The number of nitrogens with zero attached hydrogens (tertiary/aromatic N) is 5. The number of piperidine rings is 1. The van der Waals surface area contributed by atoms with Gasteiger partial charge in [-0.05, 0) is 19.1 Å². The van der Waals surface area contributed by atoms with Crippen LogP contribution < -0.4 is 0 Å². The summed E-state index contributed by atoms with van der Waals surface area (Å²) in [6, 6.07) is 7.79. The molecule has 0 radical (unpaired) electrons. The number of hydrogen-bond donors (Lipinski definition) is 0. The number of pyridine rings is 1. The van der Waals surface area contributed by atoms with Crippen LogP contribution in [0.3, 0.4) is 0 Å². The lowest BCUT2D eigenvalue weighted by Crippen LogP contribution is -2.47. The molecule has 138 valence electrons. The highest BCUT2D eigenvalue weighted by atomic mass is 16.2. The maximum absolute atomic E-state index is 13.0. The Morgan fingerprint density at radius 3 is 2.63 bits per heavy atom. The molecule has 4 rings (SSSR count). The third-order valence-corrected chi connectivity index (χ3v) is 5.23. The number of fused-ring (bicyclic) bond motifs is 1. The van der Waals surface area contributed by atoms with Crippen molar-refractivity contribution in [3.05, 3.63) is 48.0 Å². The van der Waals surface area contributed by atoms with Crippen molar-refractivity contribution >= 4 is 22.5 Å². The van der Waals surface area contributed by atoms with Crippen LogP contribution in [-0.2, 0) is 4.79 Å². The Hall–Kier alpha value is -3.09. The van der Waals surface area contributed by atoms with E-state index in [0.29, 0.717) is 24.5 Å². The van der Waals surface area contributed by atoms with Crippen molar-refractivity contribution < 1.29 is 9.59 Å². The Morgan fingerprint density at radius 2 is 1.89 bits per heavy atom. The molecule has 0 saturated carbocycles. The van der Waals surface area contributed by atoms with Gasteiger partial charge in [0.05, 0.1) is 11.4 Å². The summed E-state index contributed by atoms with van der Waals surface area (Å²) in [6.45, 7) is 6.43. The van der Waals surface area contributed by atoms with Crippen LogP contribution >= 0.6 is 0 Å². The van der Waals surface area contributed by atoms with Crippen molar-refractivity contribution in [3.63, 3.8) is 0 Å². The van der Waals surface area contributed by atoms with Crippen LogP contribution in [0.2, 0.25) is 0 Å². The van der Waals surface area contributed by atoms with Crippen LogP contribution in [0.4, 0.5) is 0 Å². The Kier molecular flexibility index (Phi) is 4.22. The molecule has 2 aromatic heterocycles. The maximum atomic E-state index is 13.0. The molecule has 1 fully saturated rings. The molecule has 0 unspecified atom stereocenters. The van der Waals surface area contributed by atoms with Crippen molar-refractivity contribution in [2.45, 2.75) is 20.8 Å². The van der Waals surface area contributed by atoms with E-state index in [1.165, 1.54) is 0 Å². The number of Topliss-reactive ketones (excluding diaryl/α,β-unsaturated/α-hetero) is 1. The summed E-state index contributed by atoms with van der Waals surface area (Å²) in [4.78, 5) is 30.9. The first-order valence-electron chi connectivity index (χ1n) is 9.05. The molecular formula is C20H21N5O2. The number of benzene rings is 1. The molecule has 0 N–H and O–H groups in total. The molecule has 0 bridgehead atoms. The number of carbonyl (C=O) groups excluding carboxylic acids is 2. The Labute approximate surface area is 157 Å². The van der Waals surface area contributed by atoms with Crippen LogP contribution in [0, 0.1) is 18.8 Å². The van der Waals surface area contributed by atoms with E-state index in [1.54, 1.807) is 22.0 Å². The maximum Gasteiger partial charge on any atom is 0.276 e. The van der Waals surface area contributed by atoms with Gasteiger partial charge >= 0.3 is 0 Å². The van der Waals surface area contributed by atoms with Gasteiger partial charge in [-0.15, -0.1) is 5.10 Å². The quantitative estimate of drug-likeness (QED) is 0.698. The number of ketones is 1. The first-order chi connectivity index (χ1) is 13.0. The van der Waals surface area contributed by atoms with Crippen molar-refractivity contribution in [1.29, 1.82) is 0 Å². The van der Waals surface area contributed by atoms with E-state index in [0.717, 1.165) is 16.5 Å². The number of carbonyl (C=O) groups is 2. The van der Waals surface area contributed by atoms with Crippen molar-refractivity contribution in [3.8, 4) is 5.69 Å². The summed E-state index contributed by atoms with van der Waals surface area (Å²) in [7, 11) is 0. The molecule has 2 atom stereocenters. The number of amides is 1. The molecule has 1 aliphatic heterocycles. The zero-order chi connectivity index (χ0) is 19.1. The van der Waals surface area contributed by atoms with Crippen LogP contribution in [0.5, 0.6) is 0 Å². The van der Waals surface area contributed by atoms with Crippen LogP contribution in [0.1, 0.15) is 30.0 Å². The second kappa shape index (κ2) is 6.57. The summed E-state index contributed by atoms with van der Waals surface area (Å²) in [5.41, 5.74) is 1.87. The second-order valence-corrected chi connectivity index (χ2v) is 7.22. The number of aromatic nitrogens is 4. The van der Waals surface area contributed by atoms with Gasteiger partial charge in [0.15, 0.2) is 5.69 Å². The van der Waals surface area contributed by atoms with Gasteiger partial charge in [0, 0.05) is 48.1 Å². The monoisotopic (exact) mass is 363 g/mol. The van der Waals surface area contributed by atoms with Gasteiger partial charge in [-0.25, -0.2) is 4.68 Å². The first kappa shape index (κ1) is 17.3. The van der Waals surface area contributed by atoms with Gasteiger partial charge in [0.1, 0.15) is 5.78 Å². The fourth-order valence-corrected chi connectivity index (χ4v) is 3.76. The standard InChI is InChI=1S/C20H21N5O2/c1-12-10-24(11-13(2)19(12)26)20(27)18-14(3)25(23-22-18)17-6-4-5-15-9-21-8-7-16(15)17/h4-9,12-13H,10-11H2,1-3H3/t12-,13+. The predicted molar refractivity (Wildman–Crippen MR) is 101 cm³/mol. The number of likely N-dealkylation sites (tertiary alicyclic amines) is 1.